The largest absolute Gasteiger partial charge is 0.460 e. The Morgan fingerprint density at radius 2 is 0.750 bits per heavy atom. The van der Waals surface area contributed by atoms with E-state index in [4.69, 9.17) is 14.2 Å². The summed E-state index contributed by atoms with van der Waals surface area (Å²) < 4.78 is 15.2. The maximum Gasteiger partial charge on any atom is 0.307 e. The van der Waals surface area contributed by atoms with Gasteiger partial charge in [-0.25, -0.2) is 0 Å². The molecule has 6 nitrogen and oxygen atoms in total. The first-order valence-corrected chi connectivity index (χ1v) is 14.1. The number of ether oxygens (including phenoxy) is 3. The molecule has 0 saturated heterocycles. The van der Waals surface area contributed by atoms with Crippen molar-refractivity contribution in [2.75, 3.05) is 16.0 Å². The normalized spacial score (nSPS) is 11.2. The summed E-state index contributed by atoms with van der Waals surface area (Å²) in [4.78, 5) is 32.8. The van der Waals surface area contributed by atoms with E-state index in [-0.39, 0.29) is 34.7 Å². The summed E-state index contributed by atoms with van der Waals surface area (Å²) in [6, 6.07) is 0. The van der Waals surface area contributed by atoms with Crippen LogP contribution in [0.2, 0.25) is 0 Å². The highest BCUT2D eigenvalue weighted by atomic mass is 79.9. The number of alkyl halides is 3. The lowest BCUT2D eigenvalue weighted by Crippen LogP contribution is -2.23. The zero-order valence-corrected chi connectivity index (χ0v) is 26.0. The van der Waals surface area contributed by atoms with Crippen LogP contribution in [0.1, 0.15) is 94.4 Å². The van der Waals surface area contributed by atoms with Gasteiger partial charge < -0.3 is 14.2 Å². The van der Waals surface area contributed by atoms with Gasteiger partial charge in [-0.2, -0.15) is 0 Å². The van der Waals surface area contributed by atoms with Crippen LogP contribution in [0.4, 0.5) is 0 Å². The fourth-order valence-electron chi connectivity index (χ4n) is 1.68. The molecular formula is C23H43Br3O6. The van der Waals surface area contributed by atoms with Crippen molar-refractivity contribution in [3.63, 3.8) is 0 Å². The minimum Gasteiger partial charge on any atom is -0.460 e. The molecule has 0 aromatic rings. The van der Waals surface area contributed by atoms with Crippen LogP contribution in [0.5, 0.6) is 0 Å². The third kappa shape index (κ3) is 37.2. The van der Waals surface area contributed by atoms with Gasteiger partial charge in [-0.15, -0.1) is 0 Å². The Morgan fingerprint density at radius 1 is 0.500 bits per heavy atom. The number of hydrogen-bond donors (Lipinski definition) is 0. The quantitative estimate of drug-likeness (QED) is 0.158. The summed E-state index contributed by atoms with van der Waals surface area (Å²) >= 11 is 9.66. The predicted molar refractivity (Wildman–Crippen MR) is 142 cm³/mol. The summed E-state index contributed by atoms with van der Waals surface area (Å²) in [6.07, 6.45) is 3.13. The van der Waals surface area contributed by atoms with Gasteiger partial charge in [0.1, 0.15) is 16.8 Å². The summed E-state index contributed by atoms with van der Waals surface area (Å²) in [5.41, 5.74) is -1.04. The zero-order valence-electron chi connectivity index (χ0n) is 21.2. The highest BCUT2D eigenvalue weighted by molar-refractivity contribution is 9.09. The molecule has 0 heterocycles. The van der Waals surface area contributed by atoms with Gasteiger partial charge >= 0.3 is 17.9 Å². The molecule has 0 aliphatic rings. The first kappa shape index (κ1) is 36.4. The maximum atomic E-state index is 11.0. The fourth-order valence-corrected chi connectivity index (χ4v) is 2.56. The Morgan fingerprint density at radius 3 is 0.938 bits per heavy atom. The van der Waals surface area contributed by atoms with Crippen molar-refractivity contribution in [3.8, 4) is 0 Å². The van der Waals surface area contributed by atoms with Crippen molar-refractivity contribution >= 4 is 65.7 Å². The van der Waals surface area contributed by atoms with Gasteiger partial charge in [-0.05, 0) is 75.2 Å². The van der Waals surface area contributed by atoms with Gasteiger partial charge in [-0.1, -0.05) is 47.8 Å². The van der Waals surface area contributed by atoms with Crippen LogP contribution < -0.4 is 0 Å². The number of hydrogen-bond acceptors (Lipinski definition) is 6. The number of carbonyl (C=O) groups is 3. The van der Waals surface area contributed by atoms with Crippen molar-refractivity contribution in [2.45, 2.75) is 111 Å². The van der Waals surface area contributed by atoms with Crippen LogP contribution in [-0.4, -0.2) is 50.7 Å². The number of halogens is 3. The SMILES string of the molecule is CC(C)(C)OC(=O)CCBr.CC(C)(C)OC(=O)CCCBr.CC(C)(C)OC(=O)CCCBr. The number of esters is 3. The van der Waals surface area contributed by atoms with E-state index in [0.717, 1.165) is 23.5 Å². The summed E-state index contributed by atoms with van der Waals surface area (Å²) in [7, 11) is 0. The molecule has 0 spiro atoms. The van der Waals surface area contributed by atoms with Crippen molar-refractivity contribution in [3.05, 3.63) is 0 Å². The lowest BCUT2D eigenvalue weighted by atomic mass is 10.2. The van der Waals surface area contributed by atoms with E-state index in [2.05, 4.69) is 47.8 Å². The van der Waals surface area contributed by atoms with Gasteiger partial charge in [-0.3, -0.25) is 14.4 Å². The van der Waals surface area contributed by atoms with Crippen molar-refractivity contribution in [2.24, 2.45) is 0 Å². The first-order chi connectivity index (χ1) is 14.4. The average Bonchev–Trinajstić information content (AvgIpc) is 2.55. The molecule has 0 N–H and O–H groups in total. The molecule has 0 aliphatic carbocycles. The second-order valence-corrected chi connectivity index (χ2v) is 12.2. The van der Waals surface area contributed by atoms with Crippen LogP contribution >= 0.6 is 47.8 Å². The second-order valence-electron chi connectivity index (χ2n) is 9.78. The van der Waals surface area contributed by atoms with Crippen molar-refractivity contribution < 1.29 is 28.6 Å². The standard InChI is InChI=1S/2C8H15BrO2.C7H13BrO2/c2*1-8(2,3)11-7(10)5-4-6-9;1-7(2,3)10-6(9)4-5-8/h2*4-6H2,1-3H3;4-5H2,1-3H3. The third-order valence-electron chi connectivity index (χ3n) is 2.59. The molecule has 0 aromatic carbocycles. The minimum absolute atomic E-state index is 0.114. The lowest BCUT2D eigenvalue weighted by Gasteiger charge is -2.19. The zero-order chi connectivity index (χ0) is 26.0. The smallest absolute Gasteiger partial charge is 0.307 e. The Labute approximate surface area is 220 Å². The van der Waals surface area contributed by atoms with Gasteiger partial charge in [0, 0.05) is 28.8 Å². The molecule has 9 heteroatoms. The molecule has 0 radical (unpaired) electrons. The van der Waals surface area contributed by atoms with Crippen LogP contribution in [0.25, 0.3) is 0 Å². The van der Waals surface area contributed by atoms with E-state index in [9.17, 15) is 14.4 Å². The highest BCUT2D eigenvalue weighted by Crippen LogP contribution is 2.10. The van der Waals surface area contributed by atoms with Crippen molar-refractivity contribution in [1.82, 2.24) is 0 Å². The van der Waals surface area contributed by atoms with Crippen LogP contribution in [0.15, 0.2) is 0 Å². The van der Waals surface area contributed by atoms with E-state index in [1.807, 2.05) is 62.3 Å². The topological polar surface area (TPSA) is 78.9 Å². The van der Waals surface area contributed by atoms with E-state index in [1.165, 1.54) is 0 Å². The Bertz CT molecular complexity index is 485. The number of rotatable bonds is 8. The molecule has 0 fully saturated rings. The van der Waals surface area contributed by atoms with E-state index < -0.39 is 0 Å². The highest BCUT2D eigenvalue weighted by Gasteiger charge is 2.16. The van der Waals surface area contributed by atoms with Gasteiger partial charge in [0.25, 0.3) is 0 Å². The van der Waals surface area contributed by atoms with E-state index >= 15 is 0 Å². The van der Waals surface area contributed by atoms with Crippen LogP contribution in [-0.2, 0) is 28.6 Å². The first-order valence-electron chi connectivity index (χ1n) is 10.7. The second kappa shape index (κ2) is 19.2. The third-order valence-corrected chi connectivity index (χ3v) is 4.11. The molecule has 0 aliphatic heterocycles. The monoisotopic (exact) mass is 652 g/mol. The van der Waals surface area contributed by atoms with Crippen LogP contribution in [0.3, 0.4) is 0 Å². The number of carbonyl (C=O) groups excluding carboxylic acids is 3. The van der Waals surface area contributed by atoms with Gasteiger partial charge in [0.05, 0.1) is 6.42 Å². The molecule has 0 aromatic heterocycles. The Kier molecular flexibility index (Phi) is 21.8. The molecule has 0 saturated carbocycles. The summed E-state index contributed by atoms with van der Waals surface area (Å²) in [6.45, 7) is 16.8. The lowest BCUT2D eigenvalue weighted by molar-refractivity contribution is -0.155. The molecular weight excluding hydrogens is 612 g/mol. The predicted octanol–water partition coefficient (Wildman–Crippen LogP) is 7.12. The Hall–Kier alpha value is -0.150. The molecule has 0 bridgehead atoms. The molecule has 0 rings (SSSR count). The Balaban J connectivity index is -0.000000395. The van der Waals surface area contributed by atoms with Crippen molar-refractivity contribution in [1.29, 1.82) is 0 Å². The fraction of sp³-hybridized carbons (Fsp3) is 0.870. The average molecular weight is 655 g/mol. The summed E-state index contributed by atoms with van der Waals surface area (Å²) in [5, 5.41) is 2.38. The van der Waals surface area contributed by atoms with Gasteiger partial charge in [0.15, 0.2) is 0 Å². The van der Waals surface area contributed by atoms with E-state index in [1.54, 1.807) is 0 Å². The van der Waals surface area contributed by atoms with Gasteiger partial charge in [0.2, 0.25) is 0 Å². The minimum atomic E-state index is -0.348. The van der Waals surface area contributed by atoms with Crippen LogP contribution in [0, 0.1) is 0 Å². The molecule has 0 amide bonds. The molecule has 0 atom stereocenters. The molecule has 0 unspecified atom stereocenters. The summed E-state index contributed by atoms with van der Waals surface area (Å²) in [5.74, 6) is -0.377. The van der Waals surface area contributed by atoms with E-state index in [0.29, 0.717) is 24.6 Å². The maximum absolute atomic E-state index is 11.0. The molecule has 192 valence electrons. The molecule has 32 heavy (non-hydrogen) atoms.